The summed E-state index contributed by atoms with van der Waals surface area (Å²) in [5, 5.41) is 0. The first kappa shape index (κ1) is 18.6. The van der Waals surface area contributed by atoms with Crippen molar-refractivity contribution in [3.05, 3.63) is 84.7 Å². The summed E-state index contributed by atoms with van der Waals surface area (Å²) in [5.74, 6) is 1.10. The van der Waals surface area contributed by atoms with E-state index in [0.717, 1.165) is 11.1 Å². The van der Waals surface area contributed by atoms with Gasteiger partial charge < -0.3 is 4.74 Å². The number of ether oxygens (including phenoxy) is 1. The molecule has 2 heteroatoms. The van der Waals surface area contributed by atoms with Crippen molar-refractivity contribution >= 4 is 0 Å². The molecule has 2 aromatic carbocycles. The lowest BCUT2D eigenvalue weighted by Crippen LogP contribution is -2.11. The van der Waals surface area contributed by atoms with E-state index in [1.54, 1.807) is 18.2 Å². The minimum absolute atomic E-state index is 0.224. The Labute approximate surface area is 156 Å². The SMILES string of the molecule is C=CCOCc1ccc(-c2ccc([C@H]3CC[C@H](C=C)CC3)cc2)cc1F. The molecule has 0 bridgehead atoms. The van der Waals surface area contributed by atoms with Crippen molar-refractivity contribution in [3.63, 3.8) is 0 Å². The molecule has 1 aliphatic rings. The number of rotatable bonds is 7. The molecule has 1 nitrogen and oxygen atoms in total. The highest BCUT2D eigenvalue weighted by molar-refractivity contribution is 5.64. The third-order valence-corrected chi connectivity index (χ3v) is 5.37. The standard InChI is InChI=1S/C24H27FO/c1-3-15-26-17-23-14-13-22(16-24(23)25)21-11-9-20(10-12-21)19-7-5-18(4-2)6-8-19/h3-4,9-14,16,18-19H,1-2,5-8,15,17H2/t18-,19-. The van der Waals surface area contributed by atoms with Gasteiger partial charge in [0.1, 0.15) is 5.82 Å². The van der Waals surface area contributed by atoms with Gasteiger partial charge in [-0.05, 0) is 60.3 Å². The normalized spacial score (nSPS) is 19.9. The molecule has 0 spiro atoms. The predicted octanol–water partition coefficient (Wildman–Crippen LogP) is 6.66. The van der Waals surface area contributed by atoms with E-state index in [-0.39, 0.29) is 12.4 Å². The smallest absolute Gasteiger partial charge is 0.129 e. The van der Waals surface area contributed by atoms with Crippen molar-refractivity contribution in [2.24, 2.45) is 5.92 Å². The zero-order valence-electron chi connectivity index (χ0n) is 15.3. The third-order valence-electron chi connectivity index (χ3n) is 5.37. The molecular formula is C24H27FO. The topological polar surface area (TPSA) is 9.23 Å². The van der Waals surface area contributed by atoms with E-state index in [2.05, 4.69) is 43.5 Å². The van der Waals surface area contributed by atoms with Crippen molar-refractivity contribution in [1.82, 2.24) is 0 Å². The Kier molecular flexibility index (Phi) is 6.40. The zero-order chi connectivity index (χ0) is 18.4. The number of benzene rings is 2. The van der Waals surface area contributed by atoms with Gasteiger partial charge in [-0.2, -0.15) is 0 Å². The molecule has 0 saturated heterocycles. The van der Waals surface area contributed by atoms with Gasteiger partial charge in [0.2, 0.25) is 0 Å². The van der Waals surface area contributed by atoms with Crippen LogP contribution in [-0.4, -0.2) is 6.61 Å². The molecule has 0 heterocycles. The third kappa shape index (κ3) is 4.50. The van der Waals surface area contributed by atoms with E-state index in [0.29, 0.717) is 24.0 Å². The molecule has 0 unspecified atom stereocenters. The van der Waals surface area contributed by atoms with E-state index < -0.39 is 0 Å². The van der Waals surface area contributed by atoms with E-state index in [1.165, 1.54) is 31.2 Å². The van der Waals surface area contributed by atoms with E-state index in [1.807, 2.05) is 6.07 Å². The van der Waals surface area contributed by atoms with Crippen LogP contribution in [0.5, 0.6) is 0 Å². The summed E-state index contributed by atoms with van der Waals surface area (Å²) in [6, 6.07) is 14.0. The first-order valence-electron chi connectivity index (χ1n) is 9.41. The highest BCUT2D eigenvalue weighted by atomic mass is 19.1. The fourth-order valence-electron chi connectivity index (χ4n) is 3.73. The maximum Gasteiger partial charge on any atom is 0.129 e. The van der Waals surface area contributed by atoms with Crippen molar-refractivity contribution in [2.75, 3.05) is 6.61 Å². The molecule has 0 atom stereocenters. The van der Waals surface area contributed by atoms with Gasteiger partial charge in [0.15, 0.2) is 0 Å². The second kappa shape index (κ2) is 8.95. The zero-order valence-corrected chi connectivity index (χ0v) is 15.3. The lowest BCUT2D eigenvalue weighted by Gasteiger charge is -2.27. The maximum absolute atomic E-state index is 14.3. The van der Waals surface area contributed by atoms with Gasteiger partial charge in [0.25, 0.3) is 0 Å². The van der Waals surface area contributed by atoms with Crippen LogP contribution in [-0.2, 0) is 11.3 Å². The molecule has 136 valence electrons. The highest BCUT2D eigenvalue weighted by Crippen LogP contribution is 2.36. The van der Waals surface area contributed by atoms with Gasteiger partial charge in [-0.25, -0.2) is 4.39 Å². The van der Waals surface area contributed by atoms with Crippen LogP contribution in [0.1, 0.15) is 42.7 Å². The summed E-state index contributed by atoms with van der Waals surface area (Å²) < 4.78 is 19.6. The molecule has 0 radical (unpaired) electrons. The maximum atomic E-state index is 14.3. The summed E-state index contributed by atoms with van der Waals surface area (Å²) >= 11 is 0. The Hall–Kier alpha value is -2.19. The fraction of sp³-hybridized carbons (Fsp3) is 0.333. The molecule has 26 heavy (non-hydrogen) atoms. The van der Waals surface area contributed by atoms with E-state index >= 15 is 0 Å². The van der Waals surface area contributed by atoms with Gasteiger partial charge in [-0.15, -0.1) is 13.2 Å². The molecule has 0 aliphatic heterocycles. The van der Waals surface area contributed by atoms with Crippen molar-refractivity contribution in [2.45, 2.75) is 38.2 Å². The van der Waals surface area contributed by atoms with Gasteiger partial charge in [-0.3, -0.25) is 0 Å². The average molecular weight is 350 g/mol. The highest BCUT2D eigenvalue weighted by Gasteiger charge is 2.20. The van der Waals surface area contributed by atoms with Crippen LogP contribution >= 0.6 is 0 Å². The summed E-state index contributed by atoms with van der Waals surface area (Å²) in [7, 11) is 0. The molecule has 1 aliphatic carbocycles. The Balaban J connectivity index is 1.67. The lowest BCUT2D eigenvalue weighted by atomic mass is 9.78. The molecule has 2 aromatic rings. The summed E-state index contributed by atoms with van der Waals surface area (Å²) in [5.41, 5.74) is 3.92. The molecule has 0 amide bonds. The van der Waals surface area contributed by atoms with Crippen LogP contribution in [0.25, 0.3) is 11.1 Å². The first-order valence-corrected chi connectivity index (χ1v) is 9.41. The van der Waals surface area contributed by atoms with Crippen LogP contribution in [0, 0.1) is 11.7 Å². The largest absolute Gasteiger partial charge is 0.373 e. The summed E-state index contributed by atoms with van der Waals surface area (Å²) in [4.78, 5) is 0. The minimum atomic E-state index is -0.224. The van der Waals surface area contributed by atoms with Crippen molar-refractivity contribution in [3.8, 4) is 11.1 Å². The summed E-state index contributed by atoms with van der Waals surface area (Å²) in [6.45, 7) is 8.21. The van der Waals surface area contributed by atoms with Crippen LogP contribution in [0.15, 0.2) is 67.8 Å². The number of hydrogen-bond acceptors (Lipinski definition) is 1. The molecule has 0 aromatic heterocycles. The molecule has 3 rings (SSSR count). The second-order valence-corrected chi connectivity index (χ2v) is 7.08. The predicted molar refractivity (Wildman–Crippen MR) is 107 cm³/mol. The van der Waals surface area contributed by atoms with E-state index in [9.17, 15) is 4.39 Å². The molecule has 0 N–H and O–H groups in total. The van der Waals surface area contributed by atoms with Gasteiger partial charge in [0.05, 0.1) is 13.2 Å². The van der Waals surface area contributed by atoms with E-state index in [4.69, 9.17) is 4.74 Å². The Morgan fingerprint density at radius 2 is 1.65 bits per heavy atom. The van der Waals surface area contributed by atoms with Crippen LogP contribution in [0.2, 0.25) is 0 Å². The summed E-state index contributed by atoms with van der Waals surface area (Å²) in [6.07, 6.45) is 8.68. The quantitative estimate of drug-likeness (QED) is 0.401. The van der Waals surface area contributed by atoms with Gasteiger partial charge in [0, 0.05) is 5.56 Å². The minimum Gasteiger partial charge on any atom is -0.373 e. The van der Waals surface area contributed by atoms with Crippen molar-refractivity contribution in [1.29, 1.82) is 0 Å². The van der Waals surface area contributed by atoms with Crippen molar-refractivity contribution < 1.29 is 9.13 Å². The van der Waals surface area contributed by atoms with Crippen LogP contribution < -0.4 is 0 Å². The van der Waals surface area contributed by atoms with Gasteiger partial charge in [-0.1, -0.05) is 48.6 Å². The Morgan fingerprint density at radius 1 is 0.962 bits per heavy atom. The molecular weight excluding hydrogens is 323 g/mol. The second-order valence-electron chi connectivity index (χ2n) is 7.08. The van der Waals surface area contributed by atoms with Crippen LogP contribution in [0.3, 0.4) is 0 Å². The van der Waals surface area contributed by atoms with Gasteiger partial charge >= 0.3 is 0 Å². The monoisotopic (exact) mass is 350 g/mol. The Morgan fingerprint density at radius 3 is 2.27 bits per heavy atom. The lowest BCUT2D eigenvalue weighted by molar-refractivity contribution is 0.146. The molecule has 1 saturated carbocycles. The number of allylic oxidation sites excluding steroid dienone is 1. The number of hydrogen-bond donors (Lipinski definition) is 0. The first-order chi connectivity index (χ1) is 12.7. The average Bonchev–Trinajstić information content (AvgIpc) is 2.69. The Bertz CT molecular complexity index is 739. The fourth-order valence-corrected chi connectivity index (χ4v) is 3.73. The van der Waals surface area contributed by atoms with Crippen LogP contribution in [0.4, 0.5) is 4.39 Å². The number of halogens is 1. The molecule has 1 fully saturated rings.